The van der Waals surface area contributed by atoms with Crippen LogP contribution in [-0.4, -0.2) is 138 Å². The third kappa shape index (κ3) is 5.95. The van der Waals surface area contributed by atoms with Gasteiger partial charge in [-0.15, -0.1) is 0 Å². The molecule has 2 spiro atoms. The van der Waals surface area contributed by atoms with Crippen molar-refractivity contribution in [3.63, 3.8) is 0 Å². The van der Waals surface area contributed by atoms with Gasteiger partial charge in [0.2, 0.25) is 0 Å². The van der Waals surface area contributed by atoms with Crippen LogP contribution >= 0.6 is 0 Å². The molecule has 7 fully saturated rings. The van der Waals surface area contributed by atoms with Gasteiger partial charge in [-0.1, -0.05) is 34.6 Å². The van der Waals surface area contributed by atoms with Crippen LogP contribution in [0.2, 0.25) is 0 Å². The van der Waals surface area contributed by atoms with E-state index in [0.717, 1.165) is 38.5 Å². The fraction of sp³-hybridized carbons (Fsp3) is 1.00. The van der Waals surface area contributed by atoms with Crippen LogP contribution in [0.3, 0.4) is 0 Å². The number of rotatable bonds is 9. The number of fused-ring (bicyclic) bond motifs is 2. The molecule has 312 valence electrons. The Morgan fingerprint density at radius 2 is 1.44 bits per heavy atom. The zero-order valence-corrected chi connectivity index (χ0v) is 33.5. The summed E-state index contributed by atoms with van der Waals surface area (Å²) in [6.45, 7) is 16.1. The van der Waals surface area contributed by atoms with Gasteiger partial charge < -0.3 is 64.9 Å². The van der Waals surface area contributed by atoms with Crippen molar-refractivity contribution in [1.29, 1.82) is 0 Å². The molecule has 2 aliphatic heterocycles. The minimum absolute atomic E-state index is 0.0280. The Labute approximate surface area is 320 Å². The van der Waals surface area contributed by atoms with Crippen LogP contribution in [-0.2, 0) is 18.9 Å². The van der Waals surface area contributed by atoms with Gasteiger partial charge in [-0.25, -0.2) is 0 Å². The number of aliphatic hydroxyl groups is 9. The Hall–Kier alpha value is -0.520. The normalized spacial score (nSPS) is 55.2. The predicted molar refractivity (Wildman–Crippen MR) is 194 cm³/mol. The van der Waals surface area contributed by atoms with Crippen molar-refractivity contribution in [3.05, 3.63) is 0 Å². The second kappa shape index (κ2) is 13.8. The molecular weight excluding hydrogens is 700 g/mol. The van der Waals surface area contributed by atoms with E-state index < -0.39 is 90.7 Å². The Morgan fingerprint density at radius 1 is 0.778 bits per heavy atom. The van der Waals surface area contributed by atoms with E-state index in [4.69, 9.17) is 18.9 Å². The molecule has 13 heteroatoms. The number of ether oxygens (including phenoxy) is 4. The molecular formula is C41H70O13. The van der Waals surface area contributed by atoms with Gasteiger partial charge in [0.05, 0.1) is 42.7 Å². The van der Waals surface area contributed by atoms with Gasteiger partial charge in [0.1, 0.15) is 36.6 Å². The Bertz CT molecular complexity index is 1370. The summed E-state index contributed by atoms with van der Waals surface area (Å²) in [5, 5.41) is 97.7. The summed E-state index contributed by atoms with van der Waals surface area (Å²) in [6, 6.07) is 0. The van der Waals surface area contributed by atoms with Gasteiger partial charge in [0.15, 0.2) is 12.6 Å². The summed E-state index contributed by atoms with van der Waals surface area (Å²) in [5.74, 6) is 0.624. The molecule has 9 N–H and O–H groups in total. The summed E-state index contributed by atoms with van der Waals surface area (Å²) >= 11 is 0. The van der Waals surface area contributed by atoms with Gasteiger partial charge in [-0.3, -0.25) is 0 Å². The van der Waals surface area contributed by atoms with Crippen LogP contribution in [0.25, 0.3) is 0 Å². The standard InChI is InChI=1S/C41H70O13/c1-19(9-10-26(37(5,6)50)53-34-31(48)29(46)23(43)17-51-34)21-11-12-39(8)33-22(42)15-24-36(3,4)27(54-35-32(49)30(47)28(45)20(2)52-35)16-25(44)41(24)18-40(33,41)14-13-38(21,39)7/h19-35,42-50H,9-18H2,1-8H3/t19-,20?,21?,22+,23?,24?,25+,26+,27+,28?,29?,30?,31?,32?,33?,34?,35?,38-,39+,40+,41-/m1/s1. The molecule has 5 saturated carbocycles. The van der Waals surface area contributed by atoms with E-state index >= 15 is 0 Å². The first-order valence-corrected chi connectivity index (χ1v) is 20.7. The smallest absolute Gasteiger partial charge is 0.186 e. The van der Waals surface area contributed by atoms with Crippen LogP contribution < -0.4 is 0 Å². The first kappa shape index (κ1) is 41.6. The summed E-state index contributed by atoms with van der Waals surface area (Å²) in [7, 11) is 0. The van der Waals surface area contributed by atoms with Crippen molar-refractivity contribution in [2.24, 2.45) is 50.7 Å². The van der Waals surface area contributed by atoms with E-state index in [9.17, 15) is 46.0 Å². The zero-order chi connectivity index (χ0) is 39.7. The summed E-state index contributed by atoms with van der Waals surface area (Å²) in [5.41, 5.74) is -2.50. The fourth-order valence-electron chi connectivity index (χ4n) is 14.0. The number of aliphatic hydroxyl groups excluding tert-OH is 8. The lowest BCUT2D eigenvalue weighted by molar-refractivity contribution is -0.327. The van der Waals surface area contributed by atoms with Gasteiger partial charge in [0, 0.05) is 11.8 Å². The molecule has 54 heavy (non-hydrogen) atoms. The maximum Gasteiger partial charge on any atom is 0.186 e. The van der Waals surface area contributed by atoms with Crippen molar-refractivity contribution >= 4 is 0 Å². The molecule has 0 aromatic heterocycles. The van der Waals surface area contributed by atoms with Crippen molar-refractivity contribution in [2.75, 3.05) is 6.61 Å². The molecule has 7 rings (SSSR count). The number of hydrogen-bond acceptors (Lipinski definition) is 13. The van der Waals surface area contributed by atoms with Crippen LogP contribution in [0.1, 0.15) is 113 Å². The monoisotopic (exact) mass is 770 g/mol. The lowest BCUT2D eigenvalue weighted by Gasteiger charge is -2.65. The average Bonchev–Trinajstić information content (AvgIpc) is 3.69. The summed E-state index contributed by atoms with van der Waals surface area (Å²) < 4.78 is 23.8. The van der Waals surface area contributed by atoms with Gasteiger partial charge >= 0.3 is 0 Å². The predicted octanol–water partition coefficient (Wildman–Crippen LogP) is 1.59. The minimum Gasteiger partial charge on any atom is -0.393 e. The molecule has 0 amide bonds. The lowest BCUT2D eigenvalue weighted by Crippen LogP contribution is -2.65. The average molecular weight is 771 g/mol. The lowest BCUT2D eigenvalue weighted by atomic mass is 9.40. The van der Waals surface area contributed by atoms with E-state index in [1.54, 1.807) is 20.8 Å². The van der Waals surface area contributed by atoms with Crippen molar-refractivity contribution in [1.82, 2.24) is 0 Å². The SMILES string of the molecule is CC1OC(O[C@H]2C[C@H](O)[C@]34C[C@]35CC[C@]3(C)C([C@H](C)CC[C@H](OC6OCC(O)C(O)C6O)C(C)(C)O)CC[C@@]3(C)C5[C@@H](O)CC4C2(C)C)C(O)C(O)C1O. The largest absolute Gasteiger partial charge is 0.393 e. The third-order valence-electron chi connectivity index (χ3n) is 17.3. The number of hydrogen-bond donors (Lipinski definition) is 9. The fourth-order valence-corrected chi connectivity index (χ4v) is 14.0. The molecule has 2 saturated heterocycles. The molecule has 0 aromatic carbocycles. The van der Waals surface area contributed by atoms with Crippen LogP contribution in [0, 0.1) is 50.7 Å². The highest BCUT2D eigenvalue weighted by Crippen LogP contribution is 2.89. The highest BCUT2D eigenvalue weighted by molar-refractivity contribution is 5.34. The van der Waals surface area contributed by atoms with Gasteiger partial charge in [-0.2, -0.15) is 0 Å². The first-order chi connectivity index (χ1) is 25.0. The van der Waals surface area contributed by atoms with Crippen molar-refractivity contribution < 1.29 is 64.9 Å². The molecule has 12 unspecified atom stereocenters. The Balaban J connectivity index is 1.06. The van der Waals surface area contributed by atoms with E-state index in [1.165, 1.54) is 0 Å². The Kier molecular flexibility index (Phi) is 10.6. The molecule has 21 atom stereocenters. The van der Waals surface area contributed by atoms with Crippen LogP contribution in [0.4, 0.5) is 0 Å². The van der Waals surface area contributed by atoms with Crippen molar-refractivity contribution in [3.8, 4) is 0 Å². The maximum absolute atomic E-state index is 12.4. The van der Waals surface area contributed by atoms with Gasteiger partial charge in [-0.05, 0) is 117 Å². The highest BCUT2D eigenvalue weighted by atomic mass is 16.7. The molecule has 5 aliphatic carbocycles. The summed E-state index contributed by atoms with van der Waals surface area (Å²) in [4.78, 5) is 0. The third-order valence-corrected chi connectivity index (χ3v) is 17.3. The van der Waals surface area contributed by atoms with E-state index in [1.807, 2.05) is 0 Å². The zero-order valence-electron chi connectivity index (χ0n) is 33.5. The van der Waals surface area contributed by atoms with Gasteiger partial charge in [0.25, 0.3) is 0 Å². The molecule has 13 nitrogen and oxygen atoms in total. The molecule has 0 radical (unpaired) electrons. The molecule has 0 bridgehead atoms. The van der Waals surface area contributed by atoms with Crippen LogP contribution in [0.15, 0.2) is 0 Å². The minimum atomic E-state index is -1.44. The second-order valence-electron chi connectivity index (χ2n) is 20.6. The Morgan fingerprint density at radius 3 is 2.11 bits per heavy atom. The topological polar surface area (TPSA) is 219 Å². The van der Waals surface area contributed by atoms with Crippen molar-refractivity contribution in [2.45, 2.75) is 199 Å². The highest BCUT2D eigenvalue weighted by Gasteiger charge is 2.86. The van der Waals surface area contributed by atoms with E-state index in [0.29, 0.717) is 25.2 Å². The quantitative estimate of drug-likeness (QED) is 0.152. The maximum atomic E-state index is 12.4. The second-order valence-corrected chi connectivity index (χ2v) is 20.6. The van der Waals surface area contributed by atoms with E-state index in [-0.39, 0.29) is 46.0 Å². The van der Waals surface area contributed by atoms with Crippen LogP contribution in [0.5, 0.6) is 0 Å². The molecule has 2 heterocycles. The summed E-state index contributed by atoms with van der Waals surface area (Å²) in [6.07, 6.45) is -6.66. The molecule has 0 aromatic rings. The first-order valence-electron chi connectivity index (χ1n) is 20.7. The molecule has 7 aliphatic rings. The van der Waals surface area contributed by atoms with E-state index in [2.05, 4.69) is 34.6 Å².